The van der Waals surface area contributed by atoms with E-state index in [1.165, 1.54) is 12.3 Å². The average Bonchev–Trinajstić information content (AvgIpc) is 2.58. The van der Waals surface area contributed by atoms with Gasteiger partial charge in [0.15, 0.2) is 0 Å². The van der Waals surface area contributed by atoms with Gasteiger partial charge < -0.3 is 5.32 Å². The quantitative estimate of drug-likeness (QED) is 0.751. The molecule has 0 saturated heterocycles. The van der Waals surface area contributed by atoms with Gasteiger partial charge in [-0.15, -0.1) is 0 Å². The first kappa shape index (κ1) is 9.68. The molecule has 1 atom stereocenters. The predicted molar refractivity (Wildman–Crippen MR) is 55.8 cm³/mol. The lowest BCUT2D eigenvalue weighted by molar-refractivity contribution is 0.198. The van der Waals surface area contributed by atoms with Crippen LogP contribution in [0.4, 0.5) is 4.39 Å². The number of aromatic nitrogens is 1. The summed E-state index contributed by atoms with van der Waals surface area (Å²) in [6.07, 6.45) is 4.72. The minimum atomic E-state index is -1.80. The lowest BCUT2D eigenvalue weighted by atomic mass is 10.1. The van der Waals surface area contributed by atoms with Crippen LogP contribution in [0, 0.1) is 6.92 Å². The first-order valence-corrected chi connectivity index (χ1v) is 5.21. The highest BCUT2D eigenvalue weighted by Gasteiger charge is 2.37. The third-order valence-corrected chi connectivity index (χ3v) is 3.28. The van der Waals surface area contributed by atoms with E-state index in [2.05, 4.69) is 9.69 Å². The van der Waals surface area contributed by atoms with Crippen molar-refractivity contribution < 1.29 is 4.39 Å². The minimum absolute atomic E-state index is 0.128. The van der Waals surface area contributed by atoms with Crippen molar-refractivity contribution in [2.75, 3.05) is 0 Å². The third kappa shape index (κ3) is 1.44. The summed E-state index contributed by atoms with van der Waals surface area (Å²) in [6, 6.07) is 1.69. The second-order valence-electron chi connectivity index (χ2n) is 3.01. The molecule has 0 amide bonds. The smallest absolute Gasteiger partial charge is 0.253 e. The number of allylic oxidation sites excluding steroid dienone is 2. The summed E-state index contributed by atoms with van der Waals surface area (Å²) < 4.78 is 18.3. The van der Waals surface area contributed by atoms with Crippen LogP contribution in [0.2, 0.25) is 0 Å². The van der Waals surface area contributed by atoms with Crippen molar-refractivity contribution in [2.45, 2.75) is 12.7 Å². The van der Waals surface area contributed by atoms with Gasteiger partial charge in [-0.3, -0.25) is 0 Å². The third-order valence-electron chi connectivity index (χ3n) is 1.92. The van der Waals surface area contributed by atoms with E-state index in [1.807, 2.05) is 6.92 Å². The van der Waals surface area contributed by atoms with Crippen LogP contribution in [0.3, 0.4) is 0 Å². The fraction of sp³-hybridized carbons (Fsp3) is 0.222. The molecule has 74 valence electrons. The normalized spacial score (nSPS) is 25.8. The zero-order chi connectivity index (χ0) is 10.2. The number of rotatable bonds is 1. The van der Waals surface area contributed by atoms with Gasteiger partial charge in [-0.25, -0.2) is 4.39 Å². The monoisotopic (exact) mass is 230 g/mol. The molecule has 0 bridgehead atoms. The SMILES string of the molecule is Cc1cc(C2(F)NC=CC=C2Cl)sn1. The Morgan fingerprint density at radius 3 is 3.00 bits per heavy atom. The van der Waals surface area contributed by atoms with Crippen LogP contribution in [0.25, 0.3) is 0 Å². The number of hydrogen-bond donors (Lipinski definition) is 1. The Morgan fingerprint density at radius 1 is 1.64 bits per heavy atom. The van der Waals surface area contributed by atoms with Crippen molar-refractivity contribution in [3.8, 4) is 0 Å². The van der Waals surface area contributed by atoms with E-state index in [4.69, 9.17) is 11.6 Å². The number of nitrogens with zero attached hydrogens (tertiary/aromatic N) is 1. The maximum Gasteiger partial charge on any atom is 0.253 e. The molecule has 1 unspecified atom stereocenters. The standard InChI is InChI=1S/C9H8ClFN2S/c1-6-5-8(14-13-6)9(11)7(10)3-2-4-12-9/h2-5,12H,1H3. The van der Waals surface area contributed by atoms with E-state index < -0.39 is 5.79 Å². The Kier molecular flexibility index (Phi) is 2.33. The minimum Gasteiger partial charge on any atom is -0.351 e. The molecular formula is C9H8ClFN2S. The molecule has 1 N–H and O–H groups in total. The fourth-order valence-corrected chi connectivity index (χ4v) is 2.29. The van der Waals surface area contributed by atoms with Gasteiger partial charge in [0, 0.05) is 0 Å². The predicted octanol–water partition coefficient (Wildman–Crippen LogP) is 2.81. The van der Waals surface area contributed by atoms with Gasteiger partial charge in [0.1, 0.15) is 0 Å². The summed E-state index contributed by atoms with van der Waals surface area (Å²) >= 11 is 6.93. The first-order valence-electron chi connectivity index (χ1n) is 4.06. The van der Waals surface area contributed by atoms with Crippen LogP contribution in [0.5, 0.6) is 0 Å². The summed E-state index contributed by atoms with van der Waals surface area (Å²) in [4.78, 5) is 0.473. The number of alkyl halides is 1. The number of aryl methyl sites for hydroxylation is 1. The molecule has 1 aromatic heterocycles. The number of dihydropyridines is 1. The lowest BCUT2D eigenvalue weighted by Gasteiger charge is -2.25. The summed E-state index contributed by atoms with van der Waals surface area (Å²) in [5.41, 5.74) is 0.794. The Morgan fingerprint density at radius 2 is 2.43 bits per heavy atom. The van der Waals surface area contributed by atoms with Gasteiger partial charge in [-0.2, -0.15) is 4.37 Å². The topological polar surface area (TPSA) is 24.9 Å². The zero-order valence-corrected chi connectivity index (χ0v) is 8.99. The van der Waals surface area contributed by atoms with Crippen LogP contribution in [-0.2, 0) is 5.79 Å². The first-order chi connectivity index (χ1) is 6.63. The van der Waals surface area contributed by atoms with Crippen LogP contribution in [0.1, 0.15) is 10.6 Å². The summed E-state index contributed by atoms with van der Waals surface area (Å²) in [5, 5.41) is 2.73. The Labute approximate surface area is 90.3 Å². The van der Waals surface area contributed by atoms with Gasteiger partial charge in [0.2, 0.25) is 0 Å². The van der Waals surface area contributed by atoms with E-state index >= 15 is 0 Å². The highest BCUT2D eigenvalue weighted by molar-refractivity contribution is 7.06. The Hall–Kier alpha value is -0.870. The lowest BCUT2D eigenvalue weighted by Crippen LogP contribution is -2.35. The highest BCUT2D eigenvalue weighted by atomic mass is 35.5. The molecule has 0 aliphatic carbocycles. The van der Waals surface area contributed by atoms with Crippen molar-refractivity contribution in [3.05, 3.63) is 40.0 Å². The molecule has 0 spiro atoms. The van der Waals surface area contributed by atoms with E-state index in [9.17, 15) is 4.39 Å². The molecule has 2 nitrogen and oxygen atoms in total. The van der Waals surface area contributed by atoms with Crippen LogP contribution in [-0.4, -0.2) is 4.37 Å². The van der Waals surface area contributed by atoms with Gasteiger partial charge in [0.25, 0.3) is 5.79 Å². The van der Waals surface area contributed by atoms with Crippen molar-refractivity contribution in [1.29, 1.82) is 0 Å². The Balaban J connectivity index is 2.42. The fourth-order valence-electron chi connectivity index (χ4n) is 1.19. The molecular weight excluding hydrogens is 223 g/mol. The molecule has 14 heavy (non-hydrogen) atoms. The van der Waals surface area contributed by atoms with Crippen LogP contribution in [0.15, 0.2) is 29.5 Å². The number of halogens is 2. The molecule has 0 radical (unpaired) electrons. The van der Waals surface area contributed by atoms with Crippen molar-refractivity contribution in [1.82, 2.24) is 9.69 Å². The van der Waals surface area contributed by atoms with Gasteiger partial charge >= 0.3 is 0 Å². The van der Waals surface area contributed by atoms with E-state index in [1.54, 1.807) is 12.1 Å². The molecule has 1 aliphatic rings. The summed E-state index contributed by atoms with van der Waals surface area (Å²) in [7, 11) is 0. The van der Waals surface area contributed by atoms with Gasteiger partial charge in [-0.05, 0) is 42.9 Å². The maximum absolute atomic E-state index is 14.3. The van der Waals surface area contributed by atoms with E-state index in [0.29, 0.717) is 4.88 Å². The maximum atomic E-state index is 14.3. The second-order valence-corrected chi connectivity index (χ2v) is 4.22. The molecule has 0 aromatic carbocycles. The summed E-state index contributed by atoms with van der Waals surface area (Å²) in [5.74, 6) is -1.80. The van der Waals surface area contributed by atoms with Crippen molar-refractivity contribution in [3.63, 3.8) is 0 Å². The Bertz CT molecular complexity index is 413. The van der Waals surface area contributed by atoms with Crippen LogP contribution >= 0.6 is 23.1 Å². The van der Waals surface area contributed by atoms with Crippen LogP contribution < -0.4 is 5.32 Å². The number of hydrogen-bond acceptors (Lipinski definition) is 3. The van der Waals surface area contributed by atoms with Crippen molar-refractivity contribution >= 4 is 23.1 Å². The van der Waals surface area contributed by atoms with E-state index in [-0.39, 0.29) is 5.03 Å². The van der Waals surface area contributed by atoms with Gasteiger partial charge in [-0.1, -0.05) is 11.6 Å². The van der Waals surface area contributed by atoms with Gasteiger partial charge in [0.05, 0.1) is 15.6 Å². The molecule has 5 heteroatoms. The van der Waals surface area contributed by atoms with Crippen molar-refractivity contribution in [2.24, 2.45) is 0 Å². The average molecular weight is 231 g/mol. The second kappa shape index (κ2) is 3.37. The zero-order valence-electron chi connectivity index (χ0n) is 7.42. The number of nitrogens with one attached hydrogen (secondary N) is 1. The summed E-state index contributed by atoms with van der Waals surface area (Å²) in [6.45, 7) is 1.82. The molecule has 0 saturated carbocycles. The largest absolute Gasteiger partial charge is 0.351 e. The van der Waals surface area contributed by atoms with E-state index in [0.717, 1.165) is 17.2 Å². The molecule has 2 heterocycles. The molecule has 2 rings (SSSR count). The molecule has 0 fully saturated rings. The molecule has 1 aliphatic heterocycles. The molecule has 1 aromatic rings. The highest BCUT2D eigenvalue weighted by Crippen LogP contribution is 2.37.